The number of carbonyl (C=O) groups excluding carboxylic acids is 2. The lowest BCUT2D eigenvalue weighted by Crippen LogP contribution is -2.28. The van der Waals surface area contributed by atoms with Crippen molar-refractivity contribution < 1.29 is 14.5 Å². The molecule has 1 aliphatic rings. The van der Waals surface area contributed by atoms with Crippen LogP contribution in [0.5, 0.6) is 0 Å². The van der Waals surface area contributed by atoms with E-state index in [0.717, 1.165) is 0 Å². The number of nitro groups is 1. The predicted octanol–water partition coefficient (Wildman–Crippen LogP) is 3.55. The van der Waals surface area contributed by atoms with E-state index in [9.17, 15) is 19.7 Å². The lowest BCUT2D eigenvalue weighted by molar-refractivity contribution is -0.385. The zero-order chi connectivity index (χ0) is 18.8. The lowest BCUT2D eigenvalue weighted by Gasteiger charge is -2.17. The number of amides is 2. The highest BCUT2D eigenvalue weighted by Gasteiger charge is 2.36. The maximum Gasteiger partial charge on any atom is 0.274 e. The van der Waals surface area contributed by atoms with Gasteiger partial charge in [-0.05, 0) is 25.1 Å². The number of rotatable bonds is 4. The average Bonchev–Trinajstić information content (AvgIpc) is 2.99. The monoisotopic (exact) mass is 373 g/mol. The normalized spacial score (nSPS) is 16.6. The Morgan fingerprint density at radius 2 is 2.04 bits per heavy atom. The Kier molecular flexibility index (Phi) is 4.90. The van der Waals surface area contributed by atoms with Gasteiger partial charge in [-0.25, -0.2) is 0 Å². The highest BCUT2D eigenvalue weighted by atomic mass is 35.5. The van der Waals surface area contributed by atoms with Crippen LogP contribution in [0.1, 0.15) is 12.0 Å². The molecule has 2 aromatic carbocycles. The van der Waals surface area contributed by atoms with Crippen molar-refractivity contribution in [2.24, 2.45) is 5.92 Å². The number of aryl methyl sites for hydroxylation is 1. The van der Waals surface area contributed by atoms with Crippen molar-refractivity contribution in [3.05, 3.63) is 63.2 Å². The third kappa shape index (κ3) is 3.52. The molecule has 7 nitrogen and oxygen atoms in total. The Labute approximate surface area is 154 Å². The molecule has 0 radical (unpaired) electrons. The molecular formula is C18H16ClN3O4. The first-order valence-corrected chi connectivity index (χ1v) is 8.35. The summed E-state index contributed by atoms with van der Waals surface area (Å²) in [5.41, 5.74) is 1.36. The van der Waals surface area contributed by atoms with Gasteiger partial charge in [-0.1, -0.05) is 29.8 Å². The van der Waals surface area contributed by atoms with Crippen LogP contribution in [0, 0.1) is 23.0 Å². The van der Waals surface area contributed by atoms with Gasteiger partial charge >= 0.3 is 0 Å². The van der Waals surface area contributed by atoms with E-state index in [2.05, 4.69) is 5.32 Å². The van der Waals surface area contributed by atoms with E-state index >= 15 is 0 Å². The Balaban J connectivity index is 1.76. The van der Waals surface area contributed by atoms with Crippen LogP contribution in [0.4, 0.5) is 17.1 Å². The molecule has 8 heteroatoms. The number of carbonyl (C=O) groups is 2. The van der Waals surface area contributed by atoms with Crippen LogP contribution in [0.3, 0.4) is 0 Å². The average molecular weight is 374 g/mol. The van der Waals surface area contributed by atoms with Crippen molar-refractivity contribution in [1.29, 1.82) is 0 Å². The minimum Gasteiger partial charge on any atom is -0.324 e. The van der Waals surface area contributed by atoms with Gasteiger partial charge in [-0.2, -0.15) is 0 Å². The maximum absolute atomic E-state index is 12.5. The predicted molar refractivity (Wildman–Crippen MR) is 98.4 cm³/mol. The van der Waals surface area contributed by atoms with Crippen LogP contribution in [0.2, 0.25) is 5.02 Å². The minimum absolute atomic E-state index is 0.0396. The van der Waals surface area contributed by atoms with E-state index in [0.29, 0.717) is 22.0 Å². The van der Waals surface area contributed by atoms with E-state index in [1.165, 1.54) is 11.0 Å². The molecule has 2 aromatic rings. The number of nitrogens with zero attached hydrogens (tertiary/aromatic N) is 2. The van der Waals surface area contributed by atoms with Crippen LogP contribution in [-0.2, 0) is 9.59 Å². The van der Waals surface area contributed by atoms with Crippen molar-refractivity contribution in [2.45, 2.75) is 13.3 Å². The van der Waals surface area contributed by atoms with Crippen LogP contribution in [-0.4, -0.2) is 23.3 Å². The lowest BCUT2D eigenvalue weighted by atomic mass is 10.1. The van der Waals surface area contributed by atoms with E-state index in [1.54, 1.807) is 43.3 Å². The van der Waals surface area contributed by atoms with Gasteiger partial charge in [0, 0.05) is 24.6 Å². The van der Waals surface area contributed by atoms with Gasteiger partial charge in [0.05, 0.1) is 27.2 Å². The summed E-state index contributed by atoms with van der Waals surface area (Å²) in [6.07, 6.45) is 0.0396. The molecule has 3 rings (SSSR count). The number of nitrogens with one attached hydrogen (secondary N) is 1. The van der Waals surface area contributed by atoms with Gasteiger partial charge in [-0.3, -0.25) is 19.7 Å². The number of nitro benzene ring substituents is 1. The van der Waals surface area contributed by atoms with Gasteiger partial charge in [0.25, 0.3) is 5.69 Å². The van der Waals surface area contributed by atoms with E-state index < -0.39 is 10.8 Å². The Bertz CT molecular complexity index is 900. The van der Waals surface area contributed by atoms with Gasteiger partial charge in [-0.15, -0.1) is 0 Å². The van der Waals surface area contributed by atoms with Crippen molar-refractivity contribution in [3.63, 3.8) is 0 Å². The standard InChI is InChI=1S/C18H16ClN3O4/c1-11-6-7-13(9-16(11)22(25)26)21-10-12(8-17(21)23)18(24)20-15-5-3-2-4-14(15)19/h2-7,9,12H,8,10H2,1H3,(H,20,24)/t12-/m0/s1. The van der Waals surface area contributed by atoms with E-state index in [4.69, 9.17) is 11.6 Å². The molecule has 0 saturated carbocycles. The smallest absolute Gasteiger partial charge is 0.274 e. The number of anilines is 2. The second-order valence-corrected chi connectivity index (χ2v) is 6.51. The SMILES string of the molecule is Cc1ccc(N2C[C@@H](C(=O)Nc3ccccc3Cl)CC2=O)cc1[N+](=O)[O-]. The third-order valence-electron chi connectivity index (χ3n) is 4.33. The van der Waals surface area contributed by atoms with Gasteiger partial charge in [0.1, 0.15) is 0 Å². The molecule has 1 aliphatic heterocycles. The maximum atomic E-state index is 12.5. The molecule has 1 atom stereocenters. The number of hydrogen-bond donors (Lipinski definition) is 1. The fraction of sp³-hybridized carbons (Fsp3) is 0.222. The highest BCUT2D eigenvalue weighted by Crippen LogP contribution is 2.31. The molecule has 0 spiro atoms. The van der Waals surface area contributed by atoms with Gasteiger partial charge < -0.3 is 10.2 Å². The molecule has 0 aromatic heterocycles. The van der Waals surface area contributed by atoms with E-state index in [-0.39, 0.29) is 30.5 Å². The third-order valence-corrected chi connectivity index (χ3v) is 4.66. The number of halogens is 1. The summed E-state index contributed by atoms with van der Waals surface area (Å²) in [7, 11) is 0. The molecule has 1 saturated heterocycles. The van der Waals surface area contributed by atoms with Crippen LogP contribution in [0.15, 0.2) is 42.5 Å². The summed E-state index contributed by atoms with van der Waals surface area (Å²) in [5.74, 6) is -1.11. The van der Waals surface area contributed by atoms with Crippen LogP contribution < -0.4 is 10.2 Å². The molecule has 1 fully saturated rings. The van der Waals surface area contributed by atoms with Crippen LogP contribution in [0.25, 0.3) is 0 Å². The quantitative estimate of drug-likeness (QED) is 0.655. The van der Waals surface area contributed by atoms with Gasteiger partial charge in [0.15, 0.2) is 0 Å². The van der Waals surface area contributed by atoms with Gasteiger partial charge in [0.2, 0.25) is 11.8 Å². The zero-order valence-corrected chi connectivity index (χ0v) is 14.7. The first-order chi connectivity index (χ1) is 12.4. The minimum atomic E-state index is -0.556. The summed E-state index contributed by atoms with van der Waals surface area (Å²) in [6, 6.07) is 11.4. The summed E-state index contributed by atoms with van der Waals surface area (Å²) in [4.78, 5) is 36.8. The molecule has 134 valence electrons. The van der Waals surface area contributed by atoms with Crippen molar-refractivity contribution in [3.8, 4) is 0 Å². The zero-order valence-electron chi connectivity index (χ0n) is 13.9. The van der Waals surface area contributed by atoms with Crippen molar-refractivity contribution in [1.82, 2.24) is 0 Å². The summed E-state index contributed by atoms with van der Waals surface area (Å²) >= 11 is 6.03. The molecule has 1 N–H and O–H groups in total. The van der Waals surface area contributed by atoms with Crippen molar-refractivity contribution >= 4 is 40.5 Å². The number of hydrogen-bond acceptors (Lipinski definition) is 4. The fourth-order valence-corrected chi connectivity index (χ4v) is 3.08. The molecular weight excluding hydrogens is 358 g/mol. The second kappa shape index (κ2) is 7.13. The highest BCUT2D eigenvalue weighted by molar-refractivity contribution is 6.33. The van der Waals surface area contributed by atoms with E-state index in [1.807, 2.05) is 0 Å². The second-order valence-electron chi connectivity index (χ2n) is 6.10. The molecule has 0 unspecified atom stereocenters. The summed E-state index contributed by atoms with van der Waals surface area (Å²) in [5, 5.41) is 14.2. The number of para-hydroxylation sites is 1. The number of benzene rings is 2. The largest absolute Gasteiger partial charge is 0.324 e. The topological polar surface area (TPSA) is 92.6 Å². The van der Waals surface area contributed by atoms with Crippen molar-refractivity contribution in [2.75, 3.05) is 16.8 Å². The summed E-state index contributed by atoms with van der Waals surface area (Å²) in [6.45, 7) is 1.79. The first-order valence-electron chi connectivity index (χ1n) is 7.97. The Hall–Kier alpha value is -2.93. The Morgan fingerprint density at radius 3 is 2.73 bits per heavy atom. The molecule has 0 bridgehead atoms. The fourth-order valence-electron chi connectivity index (χ4n) is 2.89. The summed E-state index contributed by atoms with van der Waals surface area (Å²) < 4.78 is 0. The molecule has 2 amide bonds. The molecule has 0 aliphatic carbocycles. The molecule has 1 heterocycles. The molecule has 26 heavy (non-hydrogen) atoms. The first kappa shape index (κ1) is 17.9. The Morgan fingerprint density at radius 1 is 1.31 bits per heavy atom. The van der Waals surface area contributed by atoms with Crippen LogP contribution >= 0.6 is 11.6 Å².